The second kappa shape index (κ2) is 5.82. The van der Waals surface area contributed by atoms with Gasteiger partial charge in [0.05, 0.1) is 6.61 Å². The van der Waals surface area contributed by atoms with Crippen LogP contribution in [0.4, 0.5) is 0 Å². The zero-order valence-corrected chi connectivity index (χ0v) is 14.5. The first-order valence-electron chi connectivity index (χ1n) is 9.07. The van der Waals surface area contributed by atoms with E-state index in [1.54, 1.807) is 0 Å². The van der Waals surface area contributed by atoms with Crippen molar-refractivity contribution in [1.29, 1.82) is 0 Å². The molecule has 3 aliphatic heterocycles. The van der Waals surface area contributed by atoms with Crippen LogP contribution in [0.1, 0.15) is 72.6 Å². The third-order valence-corrected chi connectivity index (χ3v) is 6.07. The minimum Gasteiger partial charge on any atom is -0.300 e. The van der Waals surface area contributed by atoms with E-state index in [0.29, 0.717) is 0 Å². The number of fused-ring (bicyclic) bond motifs is 1. The molecule has 0 aromatic heterocycles. The van der Waals surface area contributed by atoms with Gasteiger partial charge >= 0.3 is 0 Å². The van der Waals surface area contributed by atoms with E-state index in [4.69, 9.17) is 4.84 Å². The highest BCUT2D eigenvalue weighted by Crippen LogP contribution is 2.39. The minimum absolute atomic E-state index is 0.172. The summed E-state index contributed by atoms with van der Waals surface area (Å²) in [7, 11) is 0. The van der Waals surface area contributed by atoms with Gasteiger partial charge in [0.2, 0.25) is 0 Å². The maximum atomic E-state index is 6.47. The number of hydrogen-bond donors (Lipinski definition) is 0. The van der Waals surface area contributed by atoms with Gasteiger partial charge in [-0.05, 0) is 91.6 Å². The second-order valence-corrected chi connectivity index (χ2v) is 8.72. The number of rotatable bonds is 3. The fourth-order valence-electron chi connectivity index (χ4n) is 5.10. The van der Waals surface area contributed by atoms with Gasteiger partial charge in [-0.25, -0.2) is 0 Å². The summed E-state index contributed by atoms with van der Waals surface area (Å²) < 4.78 is 0. The highest BCUT2D eigenvalue weighted by Gasteiger charge is 2.43. The Hall–Kier alpha value is -0.120. The molecule has 3 fully saturated rings. The Morgan fingerprint density at radius 1 is 0.905 bits per heavy atom. The molecule has 3 heteroatoms. The lowest BCUT2D eigenvalue weighted by Crippen LogP contribution is -2.59. The van der Waals surface area contributed by atoms with Crippen molar-refractivity contribution in [2.75, 3.05) is 19.7 Å². The molecular formula is C18H34N2O. The lowest BCUT2D eigenvalue weighted by Gasteiger charge is -2.52. The van der Waals surface area contributed by atoms with E-state index in [2.05, 4.69) is 37.7 Å². The zero-order valence-electron chi connectivity index (χ0n) is 14.5. The molecule has 3 saturated heterocycles. The monoisotopic (exact) mass is 294 g/mol. The maximum Gasteiger partial charge on any atom is 0.0728 e. The van der Waals surface area contributed by atoms with Crippen LogP contribution < -0.4 is 0 Å². The van der Waals surface area contributed by atoms with Crippen LogP contribution in [-0.2, 0) is 4.84 Å². The Morgan fingerprint density at radius 2 is 1.52 bits per heavy atom. The molecule has 2 atom stereocenters. The quantitative estimate of drug-likeness (QED) is 0.786. The molecule has 3 nitrogen and oxygen atoms in total. The Labute approximate surface area is 131 Å². The Morgan fingerprint density at radius 3 is 2.19 bits per heavy atom. The molecule has 0 aromatic carbocycles. The topological polar surface area (TPSA) is 15.7 Å². The molecule has 0 N–H and O–H groups in total. The third-order valence-electron chi connectivity index (χ3n) is 6.07. The molecule has 3 rings (SSSR count). The molecule has 0 amide bonds. The summed E-state index contributed by atoms with van der Waals surface area (Å²) in [6, 6.07) is 0.801. The summed E-state index contributed by atoms with van der Waals surface area (Å²) in [6.07, 6.45) is 9.31. The molecule has 0 bridgehead atoms. The summed E-state index contributed by atoms with van der Waals surface area (Å²) in [6.45, 7) is 12.9. The standard InChI is InChI=1S/C18H34N2O/c1-17(2)10-7-11-18(3,4)20(17)21-14-15-8-5-12-19-13-6-9-16(15)19/h15-16H,5-14H2,1-4H3/t15-,16-/m0/s1. The Kier molecular flexibility index (Phi) is 4.37. The van der Waals surface area contributed by atoms with Crippen molar-refractivity contribution >= 4 is 0 Å². The largest absolute Gasteiger partial charge is 0.300 e. The summed E-state index contributed by atoms with van der Waals surface area (Å²) in [5.74, 6) is 0.745. The molecule has 0 unspecified atom stereocenters. The molecule has 0 radical (unpaired) electrons. The average Bonchev–Trinajstić information content (AvgIpc) is 2.85. The molecule has 122 valence electrons. The van der Waals surface area contributed by atoms with Crippen LogP contribution in [-0.4, -0.2) is 46.8 Å². The van der Waals surface area contributed by atoms with E-state index < -0.39 is 0 Å². The number of nitrogens with zero attached hydrogens (tertiary/aromatic N) is 2. The van der Waals surface area contributed by atoms with E-state index in [1.807, 2.05) is 0 Å². The predicted molar refractivity (Wildman–Crippen MR) is 87.1 cm³/mol. The fraction of sp³-hybridized carbons (Fsp3) is 1.00. The lowest BCUT2D eigenvalue weighted by atomic mass is 9.82. The van der Waals surface area contributed by atoms with Gasteiger partial charge in [-0.2, -0.15) is 5.06 Å². The molecule has 0 saturated carbocycles. The van der Waals surface area contributed by atoms with Crippen molar-refractivity contribution in [2.45, 2.75) is 89.8 Å². The van der Waals surface area contributed by atoms with Crippen molar-refractivity contribution in [3.05, 3.63) is 0 Å². The first kappa shape index (κ1) is 15.8. The molecule has 0 spiro atoms. The van der Waals surface area contributed by atoms with Crippen molar-refractivity contribution in [1.82, 2.24) is 9.96 Å². The Balaban J connectivity index is 1.62. The van der Waals surface area contributed by atoms with Crippen LogP contribution in [0.15, 0.2) is 0 Å². The molecule has 3 aliphatic rings. The van der Waals surface area contributed by atoms with Crippen LogP contribution in [0, 0.1) is 5.92 Å². The summed E-state index contributed by atoms with van der Waals surface area (Å²) in [4.78, 5) is 9.18. The SMILES string of the molecule is CC1(C)CCCC(C)(C)N1OC[C@@H]1CCCN2CCC[C@@H]12. The van der Waals surface area contributed by atoms with Gasteiger partial charge in [0.1, 0.15) is 0 Å². The van der Waals surface area contributed by atoms with Crippen LogP contribution in [0.25, 0.3) is 0 Å². The average molecular weight is 294 g/mol. The summed E-state index contributed by atoms with van der Waals surface area (Å²) in [5, 5.41) is 2.34. The first-order chi connectivity index (χ1) is 9.90. The van der Waals surface area contributed by atoms with E-state index in [-0.39, 0.29) is 11.1 Å². The zero-order chi connectivity index (χ0) is 15.1. The molecular weight excluding hydrogens is 260 g/mol. The Bertz CT molecular complexity index is 350. The second-order valence-electron chi connectivity index (χ2n) is 8.72. The predicted octanol–water partition coefficient (Wildman–Crippen LogP) is 3.84. The molecule has 21 heavy (non-hydrogen) atoms. The van der Waals surface area contributed by atoms with Gasteiger partial charge in [0.15, 0.2) is 0 Å². The summed E-state index contributed by atoms with van der Waals surface area (Å²) in [5.41, 5.74) is 0.345. The van der Waals surface area contributed by atoms with Crippen LogP contribution >= 0.6 is 0 Å². The maximum absolute atomic E-state index is 6.47. The van der Waals surface area contributed by atoms with Crippen molar-refractivity contribution in [3.63, 3.8) is 0 Å². The molecule has 3 heterocycles. The van der Waals surface area contributed by atoms with Gasteiger partial charge in [-0.3, -0.25) is 4.84 Å². The minimum atomic E-state index is 0.172. The van der Waals surface area contributed by atoms with Crippen molar-refractivity contribution < 1.29 is 4.84 Å². The van der Waals surface area contributed by atoms with E-state index >= 15 is 0 Å². The number of hydroxylamine groups is 2. The molecule has 0 aromatic rings. The van der Waals surface area contributed by atoms with E-state index in [9.17, 15) is 0 Å². The highest BCUT2D eigenvalue weighted by atomic mass is 16.7. The fourth-order valence-corrected chi connectivity index (χ4v) is 5.10. The van der Waals surface area contributed by atoms with Gasteiger partial charge in [-0.1, -0.05) is 0 Å². The number of piperidine rings is 2. The first-order valence-corrected chi connectivity index (χ1v) is 9.07. The van der Waals surface area contributed by atoms with Crippen molar-refractivity contribution in [3.8, 4) is 0 Å². The van der Waals surface area contributed by atoms with E-state index in [1.165, 1.54) is 58.0 Å². The number of hydrogen-bond acceptors (Lipinski definition) is 3. The van der Waals surface area contributed by atoms with Gasteiger partial charge in [0, 0.05) is 17.1 Å². The van der Waals surface area contributed by atoms with Gasteiger partial charge in [-0.15, -0.1) is 0 Å². The molecule has 0 aliphatic carbocycles. The highest BCUT2D eigenvalue weighted by molar-refractivity contribution is 4.93. The van der Waals surface area contributed by atoms with Crippen molar-refractivity contribution in [2.24, 2.45) is 5.92 Å². The lowest BCUT2D eigenvalue weighted by molar-refractivity contribution is -0.288. The third kappa shape index (κ3) is 3.16. The van der Waals surface area contributed by atoms with E-state index in [0.717, 1.165) is 18.6 Å². The van der Waals surface area contributed by atoms with Crippen LogP contribution in [0.5, 0.6) is 0 Å². The summed E-state index contributed by atoms with van der Waals surface area (Å²) >= 11 is 0. The van der Waals surface area contributed by atoms with Gasteiger partial charge < -0.3 is 4.90 Å². The van der Waals surface area contributed by atoms with Crippen LogP contribution in [0.3, 0.4) is 0 Å². The van der Waals surface area contributed by atoms with Gasteiger partial charge in [0.25, 0.3) is 0 Å². The smallest absolute Gasteiger partial charge is 0.0728 e. The normalized spacial score (nSPS) is 36.6. The van der Waals surface area contributed by atoms with Crippen LogP contribution in [0.2, 0.25) is 0 Å².